The summed E-state index contributed by atoms with van der Waals surface area (Å²) in [5, 5.41) is 5.80. The first kappa shape index (κ1) is 18.1. The monoisotopic (exact) mass is 352 g/mol. The number of anilines is 1. The summed E-state index contributed by atoms with van der Waals surface area (Å²) in [6, 6.07) is 12.5. The smallest absolute Gasteiger partial charge is 0.255 e. The van der Waals surface area contributed by atoms with E-state index >= 15 is 0 Å². The van der Waals surface area contributed by atoms with E-state index in [1.165, 1.54) is 0 Å². The molecule has 26 heavy (non-hydrogen) atoms. The highest BCUT2D eigenvalue weighted by atomic mass is 16.5. The molecule has 5 heteroatoms. The van der Waals surface area contributed by atoms with E-state index in [2.05, 4.69) is 10.6 Å². The fourth-order valence-corrected chi connectivity index (χ4v) is 2.97. The molecule has 1 aliphatic heterocycles. The Hall–Kier alpha value is -2.66. The van der Waals surface area contributed by atoms with Gasteiger partial charge in [-0.3, -0.25) is 9.59 Å². The zero-order valence-corrected chi connectivity index (χ0v) is 15.2. The molecular formula is C21H24N2O3. The van der Waals surface area contributed by atoms with Crippen LogP contribution in [-0.4, -0.2) is 31.1 Å². The van der Waals surface area contributed by atoms with Crippen LogP contribution in [0.1, 0.15) is 44.7 Å². The standard InChI is InChI=1S/C21H24N2O3/c1-14-5-3-7-19(15(14)2)23-21(25)17-10-8-16(9-11-17)20(24)22-13-18-6-4-12-26-18/h3,5,7-11,18H,4,6,12-13H2,1-2H3,(H,22,24)(H,23,25). The molecule has 2 aromatic rings. The van der Waals surface area contributed by atoms with E-state index in [-0.39, 0.29) is 17.9 Å². The first-order chi connectivity index (χ1) is 12.5. The van der Waals surface area contributed by atoms with Crippen LogP contribution in [0.4, 0.5) is 5.69 Å². The van der Waals surface area contributed by atoms with Gasteiger partial charge >= 0.3 is 0 Å². The summed E-state index contributed by atoms with van der Waals surface area (Å²) in [5.74, 6) is -0.341. The van der Waals surface area contributed by atoms with Crippen molar-refractivity contribution in [2.24, 2.45) is 0 Å². The number of amides is 2. The summed E-state index contributed by atoms with van der Waals surface area (Å²) in [4.78, 5) is 24.6. The van der Waals surface area contributed by atoms with Crippen molar-refractivity contribution in [3.63, 3.8) is 0 Å². The van der Waals surface area contributed by atoms with E-state index in [0.717, 1.165) is 36.3 Å². The Labute approximate surface area is 153 Å². The number of ether oxygens (including phenoxy) is 1. The molecule has 136 valence electrons. The van der Waals surface area contributed by atoms with Crippen LogP contribution in [0, 0.1) is 13.8 Å². The summed E-state index contributed by atoms with van der Waals surface area (Å²) in [7, 11) is 0. The van der Waals surface area contributed by atoms with Crippen molar-refractivity contribution in [2.75, 3.05) is 18.5 Å². The zero-order valence-electron chi connectivity index (χ0n) is 15.2. The van der Waals surface area contributed by atoms with Gasteiger partial charge in [0, 0.05) is 30.0 Å². The van der Waals surface area contributed by atoms with Gasteiger partial charge in [-0.2, -0.15) is 0 Å². The largest absolute Gasteiger partial charge is 0.376 e. The molecule has 0 spiro atoms. The molecule has 3 rings (SSSR count). The fraction of sp³-hybridized carbons (Fsp3) is 0.333. The van der Waals surface area contributed by atoms with Gasteiger partial charge in [0.1, 0.15) is 0 Å². The maximum atomic E-state index is 12.4. The lowest BCUT2D eigenvalue weighted by molar-refractivity contribution is 0.0857. The Balaban J connectivity index is 1.60. The molecule has 1 aliphatic rings. The SMILES string of the molecule is Cc1cccc(NC(=O)c2ccc(C(=O)NCC3CCCO3)cc2)c1C. The number of aryl methyl sites for hydroxylation is 1. The minimum absolute atomic E-state index is 0.113. The van der Waals surface area contributed by atoms with Crippen molar-refractivity contribution in [1.82, 2.24) is 5.32 Å². The van der Waals surface area contributed by atoms with Crippen LogP contribution in [0.5, 0.6) is 0 Å². The van der Waals surface area contributed by atoms with Crippen LogP contribution < -0.4 is 10.6 Å². The molecule has 5 nitrogen and oxygen atoms in total. The highest BCUT2D eigenvalue weighted by Gasteiger charge is 2.17. The highest BCUT2D eigenvalue weighted by Crippen LogP contribution is 2.19. The lowest BCUT2D eigenvalue weighted by atomic mass is 10.1. The molecule has 2 N–H and O–H groups in total. The van der Waals surface area contributed by atoms with Crippen LogP contribution >= 0.6 is 0 Å². The minimum atomic E-state index is -0.190. The molecule has 1 atom stereocenters. The minimum Gasteiger partial charge on any atom is -0.376 e. The van der Waals surface area contributed by atoms with Gasteiger partial charge in [0.2, 0.25) is 0 Å². The molecule has 0 bridgehead atoms. The van der Waals surface area contributed by atoms with Crippen LogP contribution in [0.15, 0.2) is 42.5 Å². The molecule has 2 aromatic carbocycles. The average molecular weight is 352 g/mol. The molecule has 1 heterocycles. The lowest BCUT2D eigenvalue weighted by Gasteiger charge is -2.12. The van der Waals surface area contributed by atoms with Gasteiger partial charge in [-0.1, -0.05) is 12.1 Å². The first-order valence-corrected chi connectivity index (χ1v) is 8.92. The second-order valence-electron chi connectivity index (χ2n) is 6.62. The van der Waals surface area contributed by atoms with Gasteiger partial charge in [0.25, 0.3) is 11.8 Å². The summed E-state index contributed by atoms with van der Waals surface area (Å²) in [5.41, 5.74) is 4.02. The van der Waals surface area contributed by atoms with E-state index < -0.39 is 0 Å². The third kappa shape index (κ3) is 4.29. The molecule has 0 aliphatic carbocycles. The Morgan fingerprint density at radius 3 is 2.38 bits per heavy atom. The molecule has 1 saturated heterocycles. The maximum absolute atomic E-state index is 12.4. The van der Waals surface area contributed by atoms with Gasteiger partial charge in [-0.15, -0.1) is 0 Å². The molecule has 2 amide bonds. The maximum Gasteiger partial charge on any atom is 0.255 e. The fourth-order valence-electron chi connectivity index (χ4n) is 2.97. The topological polar surface area (TPSA) is 67.4 Å². The van der Waals surface area contributed by atoms with Gasteiger partial charge in [-0.05, 0) is 68.1 Å². The molecular weight excluding hydrogens is 328 g/mol. The number of carbonyl (C=O) groups is 2. The van der Waals surface area contributed by atoms with E-state index in [4.69, 9.17) is 4.74 Å². The Bertz CT molecular complexity index is 793. The van der Waals surface area contributed by atoms with E-state index in [9.17, 15) is 9.59 Å². The lowest BCUT2D eigenvalue weighted by Crippen LogP contribution is -2.31. The van der Waals surface area contributed by atoms with Crippen molar-refractivity contribution in [3.05, 3.63) is 64.7 Å². The van der Waals surface area contributed by atoms with Crippen LogP contribution in [-0.2, 0) is 4.74 Å². The second kappa shape index (κ2) is 8.15. The highest BCUT2D eigenvalue weighted by molar-refractivity contribution is 6.05. The predicted molar refractivity (Wildman–Crippen MR) is 102 cm³/mol. The molecule has 1 unspecified atom stereocenters. The van der Waals surface area contributed by atoms with E-state index in [0.29, 0.717) is 17.7 Å². The average Bonchev–Trinajstić information content (AvgIpc) is 3.17. The van der Waals surface area contributed by atoms with Crippen molar-refractivity contribution >= 4 is 17.5 Å². The van der Waals surface area contributed by atoms with Crippen LogP contribution in [0.25, 0.3) is 0 Å². The van der Waals surface area contributed by atoms with Crippen molar-refractivity contribution in [1.29, 1.82) is 0 Å². The van der Waals surface area contributed by atoms with Crippen LogP contribution in [0.3, 0.4) is 0 Å². The normalized spacial score (nSPS) is 16.3. The zero-order chi connectivity index (χ0) is 18.5. The van der Waals surface area contributed by atoms with Gasteiger partial charge in [0.05, 0.1) is 6.10 Å². The second-order valence-corrected chi connectivity index (χ2v) is 6.62. The molecule has 1 fully saturated rings. The number of benzene rings is 2. The number of rotatable bonds is 5. The van der Waals surface area contributed by atoms with Crippen molar-refractivity contribution in [3.8, 4) is 0 Å². The van der Waals surface area contributed by atoms with Gasteiger partial charge < -0.3 is 15.4 Å². The summed E-state index contributed by atoms with van der Waals surface area (Å²) < 4.78 is 5.50. The van der Waals surface area contributed by atoms with Gasteiger partial charge in [0.15, 0.2) is 0 Å². The third-order valence-electron chi connectivity index (χ3n) is 4.78. The third-order valence-corrected chi connectivity index (χ3v) is 4.78. The Morgan fingerprint density at radius 2 is 1.73 bits per heavy atom. The van der Waals surface area contributed by atoms with Gasteiger partial charge in [-0.25, -0.2) is 0 Å². The van der Waals surface area contributed by atoms with Crippen LogP contribution in [0.2, 0.25) is 0 Å². The Morgan fingerprint density at radius 1 is 1.04 bits per heavy atom. The summed E-state index contributed by atoms with van der Waals surface area (Å²) in [6.45, 7) is 5.28. The quantitative estimate of drug-likeness (QED) is 0.866. The van der Waals surface area contributed by atoms with E-state index in [1.807, 2.05) is 32.0 Å². The van der Waals surface area contributed by atoms with E-state index in [1.54, 1.807) is 24.3 Å². The summed E-state index contributed by atoms with van der Waals surface area (Å²) >= 11 is 0. The number of hydrogen-bond donors (Lipinski definition) is 2. The first-order valence-electron chi connectivity index (χ1n) is 8.92. The number of hydrogen-bond acceptors (Lipinski definition) is 3. The molecule has 0 aromatic heterocycles. The summed E-state index contributed by atoms with van der Waals surface area (Å²) in [6.07, 6.45) is 2.14. The number of carbonyl (C=O) groups excluding carboxylic acids is 2. The number of nitrogens with one attached hydrogen (secondary N) is 2. The van der Waals surface area contributed by atoms with Crippen molar-refractivity contribution in [2.45, 2.75) is 32.8 Å². The Kier molecular flexibility index (Phi) is 5.68. The molecule has 0 radical (unpaired) electrons. The predicted octanol–water partition coefficient (Wildman–Crippen LogP) is 3.46. The van der Waals surface area contributed by atoms with Crippen molar-refractivity contribution < 1.29 is 14.3 Å². The molecule has 0 saturated carbocycles.